The minimum Gasteiger partial charge on any atom is -0.292 e. The van der Waals surface area contributed by atoms with E-state index < -0.39 is 11.6 Å². The third-order valence-corrected chi connectivity index (χ3v) is 2.53. The monoisotopic (exact) mass is 251 g/mol. The molecule has 1 nitrogen and oxygen atoms in total. The first-order valence-corrected chi connectivity index (χ1v) is 6.33. The fraction of sp³-hybridized carbons (Fsp3) is 0.467. The molecule has 0 aliphatic carbocycles. The molecule has 18 heavy (non-hydrogen) atoms. The van der Waals surface area contributed by atoms with E-state index in [9.17, 15) is 8.78 Å². The van der Waals surface area contributed by atoms with Crippen molar-refractivity contribution in [2.45, 2.75) is 26.7 Å². The highest BCUT2D eigenvalue weighted by Crippen LogP contribution is 2.07. The molecule has 1 rings (SSSR count). The predicted octanol–water partition coefficient (Wildman–Crippen LogP) is 3.44. The predicted molar refractivity (Wildman–Crippen MR) is 70.3 cm³/mol. The third-order valence-electron chi connectivity index (χ3n) is 2.53. The molecule has 0 radical (unpaired) electrons. The van der Waals surface area contributed by atoms with Crippen LogP contribution in [-0.4, -0.2) is 24.5 Å². The molecule has 0 amide bonds. The molecule has 0 aliphatic rings. The molecule has 0 unspecified atom stereocenters. The SMILES string of the molecule is CCCN(CC#Cc1ccc(F)c(F)c1)CCC. The summed E-state index contributed by atoms with van der Waals surface area (Å²) < 4.78 is 25.7. The van der Waals surface area contributed by atoms with Crippen molar-refractivity contribution in [1.82, 2.24) is 4.90 Å². The van der Waals surface area contributed by atoms with Gasteiger partial charge in [-0.25, -0.2) is 8.78 Å². The molecule has 1 aromatic rings. The Hall–Kier alpha value is -1.40. The van der Waals surface area contributed by atoms with Gasteiger partial charge in [0, 0.05) is 5.56 Å². The fourth-order valence-electron chi connectivity index (χ4n) is 1.73. The summed E-state index contributed by atoms with van der Waals surface area (Å²) in [7, 11) is 0. The van der Waals surface area contributed by atoms with Gasteiger partial charge in [-0.3, -0.25) is 4.90 Å². The highest BCUT2D eigenvalue weighted by molar-refractivity contribution is 5.34. The number of hydrogen-bond acceptors (Lipinski definition) is 1. The van der Waals surface area contributed by atoms with E-state index >= 15 is 0 Å². The summed E-state index contributed by atoms with van der Waals surface area (Å²) in [5.41, 5.74) is 0.516. The van der Waals surface area contributed by atoms with E-state index in [-0.39, 0.29) is 0 Å². The van der Waals surface area contributed by atoms with Gasteiger partial charge in [0.05, 0.1) is 6.54 Å². The Morgan fingerprint density at radius 3 is 2.28 bits per heavy atom. The van der Waals surface area contributed by atoms with Crippen LogP contribution in [0.5, 0.6) is 0 Å². The summed E-state index contributed by atoms with van der Waals surface area (Å²) in [5, 5.41) is 0. The molecule has 0 heterocycles. The Kier molecular flexibility index (Phi) is 6.38. The van der Waals surface area contributed by atoms with E-state index in [4.69, 9.17) is 0 Å². The van der Waals surface area contributed by atoms with Gasteiger partial charge in [-0.2, -0.15) is 0 Å². The van der Waals surface area contributed by atoms with E-state index in [2.05, 4.69) is 30.6 Å². The van der Waals surface area contributed by atoms with Crippen molar-refractivity contribution in [2.75, 3.05) is 19.6 Å². The van der Waals surface area contributed by atoms with Crippen LogP contribution < -0.4 is 0 Å². The molecule has 0 fully saturated rings. The molecule has 0 atom stereocenters. The minimum atomic E-state index is -0.847. The van der Waals surface area contributed by atoms with Gasteiger partial charge >= 0.3 is 0 Å². The molecule has 0 saturated carbocycles. The van der Waals surface area contributed by atoms with Gasteiger partial charge < -0.3 is 0 Å². The van der Waals surface area contributed by atoms with Crippen molar-refractivity contribution in [3.05, 3.63) is 35.4 Å². The van der Waals surface area contributed by atoms with Gasteiger partial charge in [-0.1, -0.05) is 25.7 Å². The topological polar surface area (TPSA) is 3.24 Å². The van der Waals surface area contributed by atoms with Crippen LogP contribution in [0.2, 0.25) is 0 Å². The summed E-state index contributed by atoms with van der Waals surface area (Å²) >= 11 is 0. The first-order valence-electron chi connectivity index (χ1n) is 6.33. The van der Waals surface area contributed by atoms with Gasteiger partial charge in [0.15, 0.2) is 11.6 Å². The molecule has 0 aromatic heterocycles. The summed E-state index contributed by atoms with van der Waals surface area (Å²) in [6.45, 7) is 6.96. The summed E-state index contributed by atoms with van der Waals surface area (Å²) in [6, 6.07) is 3.73. The van der Waals surface area contributed by atoms with Crippen LogP contribution >= 0.6 is 0 Å². The first-order chi connectivity index (χ1) is 8.67. The van der Waals surface area contributed by atoms with Crippen molar-refractivity contribution in [1.29, 1.82) is 0 Å². The van der Waals surface area contributed by atoms with Crippen LogP contribution in [0.15, 0.2) is 18.2 Å². The quantitative estimate of drug-likeness (QED) is 0.725. The second-order valence-electron chi connectivity index (χ2n) is 4.21. The highest BCUT2D eigenvalue weighted by atomic mass is 19.2. The van der Waals surface area contributed by atoms with Crippen molar-refractivity contribution in [3.63, 3.8) is 0 Å². The Labute approximate surface area is 108 Å². The van der Waals surface area contributed by atoms with E-state index in [0.29, 0.717) is 12.1 Å². The van der Waals surface area contributed by atoms with Crippen molar-refractivity contribution >= 4 is 0 Å². The molecule has 0 saturated heterocycles. The number of hydrogen-bond donors (Lipinski definition) is 0. The van der Waals surface area contributed by atoms with Crippen molar-refractivity contribution in [2.24, 2.45) is 0 Å². The van der Waals surface area contributed by atoms with Gasteiger partial charge in [-0.05, 0) is 44.1 Å². The lowest BCUT2D eigenvalue weighted by Gasteiger charge is -2.17. The largest absolute Gasteiger partial charge is 0.292 e. The lowest BCUT2D eigenvalue weighted by molar-refractivity contribution is 0.308. The molecule has 0 N–H and O–H groups in total. The van der Waals surface area contributed by atoms with Gasteiger partial charge in [0.2, 0.25) is 0 Å². The van der Waals surface area contributed by atoms with E-state index in [1.807, 2.05) is 0 Å². The minimum absolute atomic E-state index is 0.516. The maximum atomic E-state index is 13.0. The molecule has 3 heteroatoms. The summed E-state index contributed by atoms with van der Waals surface area (Å²) in [4.78, 5) is 2.26. The molecule has 98 valence electrons. The second kappa shape index (κ2) is 7.84. The zero-order chi connectivity index (χ0) is 13.4. The molecule has 0 aliphatic heterocycles. The maximum absolute atomic E-state index is 13.0. The van der Waals surface area contributed by atoms with Crippen LogP contribution in [-0.2, 0) is 0 Å². The lowest BCUT2D eigenvalue weighted by atomic mass is 10.2. The lowest BCUT2D eigenvalue weighted by Crippen LogP contribution is -2.25. The number of halogens is 2. The van der Waals surface area contributed by atoms with Crippen LogP contribution in [0, 0.1) is 23.5 Å². The Balaban J connectivity index is 2.60. The normalized spacial score (nSPS) is 10.3. The zero-order valence-corrected chi connectivity index (χ0v) is 11.0. The molecular formula is C15H19F2N. The van der Waals surface area contributed by atoms with Gasteiger partial charge in [0.1, 0.15) is 0 Å². The molecule has 1 aromatic carbocycles. The van der Waals surface area contributed by atoms with Crippen LogP contribution in [0.3, 0.4) is 0 Å². The van der Waals surface area contributed by atoms with E-state index in [1.165, 1.54) is 6.07 Å². The Morgan fingerprint density at radius 2 is 1.72 bits per heavy atom. The second-order valence-corrected chi connectivity index (χ2v) is 4.21. The molecule has 0 spiro atoms. The summed E-state index contributed by atoms with van der Waals surface area (Å²) in [6.07, 6.45) is 2.18. The molecular weight excluding hydrogens is 232 g/mol. The molecule has 0 bridgehead atoms. The summed E-state index contributed by atoms with van der Waals surface area (Å²) in [5.74, 6) is 4.19. The standard InChI is InChI=1S/C15H19F2N/c1-3-9-18(10-4-2)11-5-6-13-7-8-14(16)15(17)12-13/h7-8,12H,3-4,9-11H2,1-2H3. The van der Waals surface area contributed by atoms with Crippen LogP contribution in [0.1, 0.15) is 32.3 Å². The van der Waals surface area contributed by atoms with Crippen molar-refractivity contribution in [3.8, 4) is 11.8 Å². The number of benzene rings is 1. The van der Waals surface area contributed by atoms with Crippen LogP contribution in [0.4, 0.5) is 8.78 Å². The first kappa shape index (κ1) is 14.7. The fourth-order valence-corrected chi connectivity index (χ4v) is 1.73. The maximum Gasteiger partial charge on any atom is 0.160 e. The van der Waals surface area contributed by atoms with E-state index in [1.54, 1.807) is 0 Å². The smallest absolute Gasteiger partial charge is 0.160 e. The van der Waals surface area contributed by atoms with E-state index in [0.717, 1.165) is 38.1 Å². The van der Waals surface area contributed by atoms with Gasteiger partial charge in [-0.15, -0.1) is 0 Å². The number of rotatable bonds is 5. The highest BCUT2D eigenvalue weighted by Gasteiger charge is 2.01. The average molecular weight is 251 g/mol. The zero-order valence-electron chi connectivity index (χ0n) is 11.0. The Bertz CT molecular complexity index is 426. The van der Waals surface area contributed by atoms with Crippen LogP contribution in [0.25, 0.3) is 0 Å². The van der Waals surface area contributed by atoms with Crippen molar-refractivity contribution < 1.29 is 8.78 Å². The average Bonchev–Trinajstić information content (AvgIpc) is 2.34. The van der Waals surface area contributed by atoms with Gasteiger partial charge in [0.25, 0.3) is 0 Å². The number of nitrogens with zero attached hydrogens (tertiary/aromatic N) is 1. The third kappa shape index (κ3) is 4.85. The Morgan fingerprint density at radius 1 is 1.06 bits per heavy atom.